The summed E-state index contributed by atoms with van der Waals surface area (Å²) in [4.78, 5) is 12.2. The van der Waals surface area contributed by atoms with E-state index in [0.717, 1.165) is 0 Å². The summed E-state index contributed by atoms with van der Waals surface area (Å²) in [6.07, 6.45) is 3.46. The minimum absolute atomic E-state index is 0.0839. The third-order valence-corrected chi connectivity index (χ3v) is 1.91. The largest absolute Gasteiger partial charge is 0.383 e. The van der Waals surface area contributed by atoms with E-state index in [4.69, 9.17) is 0 Å². The second-order valence-electron chi connectivity index (χ2n) is 3.39. The van der Waals surface area contributed by atoms with E-state index in [1.807, 2.05) is 19.0 Å². The van der Waals surface area contributed by atoms with Crippen LogP contribution in [-0.2, 0) is 0 Å². The quantitative estimate of drug-likeness (QED) is 0.562. The molecule has 79 valence electrons. The first-order valence-electron chi connectivity index (χ1n) is 4.46. The molecule has 1 aromatic rings. The van der Waals surface area contributed by atoms with E-state index in [-0.39, 0.29) is 5.69 Å². The smallest absolute Gasteiger partial charge is 0.276 e. The van der Waals surface area contributed by atoms with Crippen molar-refractivity contribution in [3.05, 3.63) is 52.6 Å². The fraction of sp³-hybridized carbons (Fsp3) is 0.182. The van der Waals surface area contributed by atoms with Crippen LogP contribution < -0.4 is 0 Å². The average Bonchev–Trinajstić information content (AvgIpc) is 2.15. The van der Waals surface area contributed by atoms with Gasteiger partial charge in [0.1, 0.15) is 0 Å². The molecule has 0 aliphatic rings. The van der Waals surface area contributed by atoms with Crippen molar-refractivity contribution in [1.29, 1.82) is 0 Å². The van der Waals surface area contributed by atoms with Crippen molar-refractivity contribution in [1.82, 2.24) is 4.90 Å². The minimum Gasteiger partial charge on any atom is -0.383 e. The van der Waals surface area contributed by atoms with Gasteiger partial charge in [-0.25, -0.2) is 0 Å². The predicted octanol–water partition coefficient (Wildman–Crippen LogP) is 2.31. The van der Waals surface area contributed by atoms with E-state index in [1.54, 1.807) is 24.4 Å². The van der Waals surface area contributed by atoms with E-state index in [0.29, 0.717) is 11.1 Å². The molecular formula is C11H13N2O2. The molecule has 0 atom stereocenters. The van der Waals surface area contributed by atoms with Crippen LogP contribution in [0.2, 0.25) is 0 Å². The fourth-order valence-corrected chi connectivity index (χ4v) is 1.17. The Hall–Kier alpha value is -1.84. The zero-order chi connectivity index (χ0) is 11.4. The maximum atomic E-state index is 10.7. The maximum absolute atomic E-state index is 10.7. The molecule has 1 rings (SSSR count). The maximum Gasteiger partial charge on any atom is 0.276 e. The molecule has 0 bridgehead atoms. The molecule has 0 amide bonds. The van der Waals surface area contributed by atoms with Crippen molar-refractivity contribution >= 4 is 11.8 Å². The first-order valence-corrected chi connectivity index (χ1v) is 4.46. The van der Waals surface area contributed by atoms with Gasteiger partial charge in [-0.1, -0.05) is 12.1 Å². The third kappa shape index (κ3) is 2.80. The second-order valence-corrected chi connectivity index (χ2v) is 3.39. The predicted molar refractivity (Wildman–Crippen MR) is 60.3 cm³/mol. The average molecular weight is 205 g/mol. The zero-order valence-corrected chi connectivity index (χ0v) is 8.80. The van der Waals surface area contributed by atoms with Crippen LogP contribution >= 0.6 is 0 Å². The highest BCUT2D eigenvalue weighted by atomic mass is 16.6. The van der Waals surface area contributed by atoms with Gasteiger partial charge in [0.05, 0.1) is 10.5 Å². The molecular weight excluding hydrogens is 192 g/mol. The van der Waals surface area contributed by atoms with Crippen LogP contribution in [0.4, 0.5) is 5.69 Å². The van der Waals surface area contributed by atoms with Crippen molar-refractivity contribution in [3.8, 4) is 0 Å². The lowest BCUT2D eigenvalue weighted by atomic mass is 10.1. The molecule has 15 heavy (non-hydrogen) atoms. The van der Waals surface area contributed by atoms with Gasteiger partial charge in [-0.05, 0) is 24.8 Å². The SMILES string of the molecule is [CH2]c1cccc([N+](=O)[O-])c1/C=C/N(C)C. The van der Waals surface area contributed by atoms with Crippen LogP contribution in [-0.4, -0.2) is 23.9 Å². The van der Waals surface area contributed by atoms with E-state index >= 15 is 0 Å². The van der Waals surface area contributed by atoms with Gasteiger partial charge in [-0.15, -0.1) is 0 Å². The van der Waals surface area contributed by atoms with Gasteiger partial charge in [0.15, 0.2) is 0 Å². The third-order valence-electron chi connectivity index (χ3n) is 1.91. The summed E-state index contributed by atoms with van der Waals surface area (Å²) < 4.78 is 0. The Morgan fingerprint density at radius 1 is 1.47 bits per heavy atom. The molecule has 0 N–H and O–H groups in total. The summed E-state index contributed by atoms with van der Waals surface area (Å²) >= 11 is 0. The number of nitro benzene ring substituents is 1. The summed E-state index contributed by atoms with van der Waals surface area (Å²) in [6, 6.07) is 4.86. The molecule has 0 aromatic heterocycles. The fourth-order valence-electron chi connectivity index (χ4n) is 1.17. The van der Waals surface area contributed by atoms with Crippen molar-refractivity contribution < 1.29 is 4.92 Å². The number of benzene rings is 1. The van der Waals surface area contributed by atoms with Crippen molar-refractivity contribution in [2.75, 3.05) is 14.1 Å². The van der Waals surface area contributed by atoms with Gasteiger partial charge >= 0.3 is 0 Å². The number of hydrogen-bond donors (Lipinski definition) is 0. The summed E-state index contributed by atoms with van der Waals surface area (Å²) in [7, 11) is 3.71. The minimum atomic E-state index is -0.399. The van der Waals surface area contributed by atoms with E-state index < -0.39 is 4.92 Å². The number of nitrogens with zero attached hydrogens (tertiary/aromatic N) is 2. The van der Waals surface area contributed by atoms with Crippen LogP contribution in [0, 0.1) is 17.0 Å². The molecule has 1 radical (unpaired) electrons. The summed E-state index contributed by atoms with van der Waals surface area (Å²) in [5, 5.41) is 10.7. The van der Waals surface area contributed by atoms with E-state index in [2.05, 4.69) is 6.92 Å². The van der Waals surface area contributed by atoms with Crippen LogP contribution in [0.15, 0.2) is 24.4 Å². The monoisotopic (exact) mass is 205 g/mol. The molecule has 4 heteroatoms. The van der Waals surface area contributed by atoms with Crippen molar-refractivity contribution in [2.24, 2.45) is 0 Å². The molecule has 0 spiro atoms. The standard InChI is InChI=1S/C11H13N2O2/c1-9-5-4-6-11(13(14)15)10(9)7-8-12(2)3/h4-8H,1H2,2-3H3/b8-7+. The molecule has 0 unspecified atom stereocenters. The van der Waals surface area contributed by atoms with Crippen LogP contribution in [0.3, 0.4) is 0 Å². The molecule has 0 fully saturated rings. The highest BCUT2D eigenvalue weighted by Crippen LogP contribution is 2.23. The number of hydrogen-bond acceptors (Lipinski definition) is 3. The Morgan fingerprint density at radius 3 is 2.67 bits per heavy atom. The van der Waals surface area contributed by atoms with Gasteiger partial charge < -0.3 is 4.90 Å². The first-order chi connectivity index (χ1) is 7.02. The number of nitro groups is 1. The molecule has 0 saturated carbocycles. The molecule has 1 aromatic carbocycles. The second kappa shape index (κ2) is 4.59. The Labute approximate surface area is 89.0 Å². The van der Waals surface area contributed by atoms with Gasteiger partial charge in [-0.3, -0.25) is 10.1 Å². The van der Waals surface area contributed by atoms with Crippen LogP contribution in [0.25, 0.3) is 6.08 Å². The lowest BCUT2D eigenvalue weighted by molar-refractivity contribution is -0.385. The summed E-state index contributed by atoms with van der Waals surface area (Å²) in [5.41, 5.74) is 1.29. The van der Waals surface area contributed by atoms with E-state index in [1.165, 1.54) is 6.07 Å². The van der Waals surface area contributed by atoms with Crippen molar-refractivity contribution in [2.45, 2.75) is 0 Å². The Morgan fingerprint density at radius 2 is 2.13 bits per heavy atom. The van der Waals surface area contributed by atoms with E-state index in [9.17, 15) is 10.1 Å². The Bertz CT molecular complexity index is 398. The van der Waals surface area contributed by atoms with Gasteiger partial charge in [0.25, 0.3) is 5.69 Å². The zero-order valence-electron chi connectivity index (χ0n) is 8.80. The van der Waals surface area contributed by atoms with Crippen molar-refractivity contribution in [3.63, 3.8) is 0 Å². The number of rotatable bonds is 3. The Balaban J connectivity index is 3.19. The lowest BCUT2D eigenvalue weighted by Gasteiger charge is -2.05. The normalized spacial score (nSPS) is 10.6. The summed E-state index contributed by atoms with van der Waals surface area (Å²) in [6.45, 7) is 3.77. The lowest BCUT2D eigenvalue weighted by Crippen LogP contribution is -2.00. The van der Waals surface area contributed by atoms with Gasteiger partial charge in [0, 0.05) is 20.2 Å². The highest BCUT2D eigenvalue weighted by molar-refractivity contribution is 5.65. The molecule has 0 aliphatic carbocycles. The first kappa shape index (κ1) is 11.2. The summed E-state index contributed by atoms with van der Waals surface area (Å²) in [5.74, 6) is 0. The van der Waals surface area contributed by atoms with Crippen LogP contribution in [0.5, 0.6) is 0 Å². The molecule has 0 heterocycles. The van der Waals surface area contributed by atoms with Gasteiger partial charge in [0.2, 0.25) is 0 Å². The molecule has 0 saturated heterocycles. The topological polar surface area (TPSA) is 46.4 Å². The van der Waals surface area contributed by atoms with Crippen LogP contribution in [0.1, 0.15) is 11.1 Å². The molecule has 0 aliphatic heterocycles. The Kier molecular flexibility index (Phi) is 3.44. The highest BCUT2D eigenvalue weighted by Gasteiger charge is 2.12. The molecule has 4 nitrogen and oxygen atoms in total. The van der Waals surface area contributed by atoms with Gasteiger partial charge in [-0.2, -0.15) is 0 Å².